The van der Waals surface area contributed by atoms with Gasteiger partial charge in [-0.3, -0.25) is 14.9 Å². The molecule has 1 aromatic rings. The van der Waals surface area contributed by atoms with Crippen LogP contribution in [0.3, 0.4) is 0 Å². The second-order valence-corrected chi connectivity index (χ2v) is 6.56. The van der Waals surface area contributed by atoms with Crippen LogP contribution in [0.1, 0.15) is 12.8 Å². The smallest absolute Gasteiger partial charge is 0.322 e. The molecule has 22 heavy (non-hydrogen) atoms. The third-order valence-corrected chi connectivity index (χ3v) is 5.39. The average molecular weight is 330 g/mol. The molecule has 2 rings (SSSR count). The first kappa shape index (κ1) is 16.2. The molecule has 0 radical (unpaired) electrons. The molecule has 10 heteroatoms. The van der Waals surface area contributed by atoms with E-state index in [1.165, 1.54) is 13.2 Å². The van der Waals surface area contributed by atoms with Crippen LogP contribution < -0.4 is 4.74 Å². The lowest BCUT2D eigenvalue weighted by atomic mass is 10.2. The van der Waals surface area contributed by atoms with Gasteiger partial charge in [0.15, 0.2) is 4.90 Å². The summed E-state index contributed by atoms with van der Waals surface area (Å²) in [5.74, 6) is -1.13. The standard InChI is InChI=1S/C12H14N2O7S/c1-21-8-4-5-11(10(7-8)14(17)18)22(19,20)13-6-2-3-9(13)12(15)16/h4-5,7,9H,2-3,6H2,1H3,(H,15,16). The molecule has 1 atom stereocenters. The van der Waals surface area contributed by atoms with E-state index in [1.807, 2.05) is 0 Å². The van der Waals surface area contributed by atoms with Crippen molar-refractivity contribution in [1.29, 1.82) is 0 Å². The second-order valence-electron chi connectivity index (χ2n) is 4.70. The minimum absolute atomic E-state index is 0.0164. The van der Waals surface area contributed by atoms with Crippen molar-refractivity contribution < 1.29 is 28.0 Å². The van der Waals surface area contributed by atoms with Crippen molar-refractivity contribution in [3.8, 4) is 5.75 Å². The van der Waals surface area contributed by atoms with Gasteiger partial charge in [0.1, 0.15) is 11.8 Å². The highest BCUT2D eigenvalue weighted by Crippen LogP contribution is 2.33. The molecule has 0 aliphatic carbocycles. The van der Waals surface area contributed by atoms with Crippen molar-refractivity contribution in [3.05, 3.63) is 28.3 Å². The number of carbonyl (C=O) groups is 1. The quantitative estimate of drug-likeness (QED) is 0.626. The summed E-state index contributed by atoms with van der Waals surface area (Å²) in [4.78, 5) is 20.9. The first-order chi connectivity index (χ1) is 10.3. The fourth-order valence-electron chi connectivity index (χ4n) is 2.39. The van der Waals surface area contributed by atoms with Crippen LogP contribution in [-0.2, 0) is 14.8 Å². The van der Waals surface area contributed by atoms with Crippen molar-refractivity contribution in [2.75, 3.05) is 13.7 Å². The molecule has 1 N–H and O–H groups in total. The Kier molecular flexibility index (Phi) is 4.33. The van der Waals surface area contributed by atoms with E-state index in [-0.39, 0.29) is 18.7 Å². The maximum absolute atomic E-state index is 12.6. The van der Waals surface area contributed by atoms with E-state index in [9.17, 15) is 23.3 Å². The molecule has 1 aliphatic rings. The minimum Gasteiger partial charge on any atom is -0.497 e. The van der Waals surface area contributed by atoms with E-state index < -0.39 is 37.5 Å². The van der Waals surface area contributed by atoms with E-state index in [0.29, 0.717) is 6.42 Å². The van der Waals surface area contributed by atoms with Crippen LogP contribution in [-0.4, -0.2) is 48.4 Å². The number of nitro benzene ring substituents is 1. The van der Waals surface area contributed by atoms with Gasteiger partial charge in [-0.05, 0) is 25.0 Å². The summed E-state index contributed by atoms with van der Waals surface area (Å²) in [5, 5.41) is 20.2. The Morgan fingerprint density at radius 3 is 2.73 bits per heavy atom. The molecular formula is C12H14N2O7S. The number of carboxylic acids is 1. The van der Waals surface area contributed by atoms with Crippen LogP contribution in [0.15, 0.2) is 23.1 Å². The first-order valence-corrected chi connectivity index (χ1v) is 7.80. The van der Waals surface area contributed by atoms with E-state index in [2.05, 4.69) is 0 Å². The molecule has 9 nitrogen and oxygen atoms in total. The Bertz CT molecular complexity index is 716. The molecule has 1 saturated heterocycles. The van der Waals surface area contributed by atoms with Gasteiger partial charge in [0.2, 0.25) is 0 Å². The van der Waals surface area contributed by atoms with Gasteiger partial charge in [-0.1, -0.05) is 0 Å². The topological polar surface area (TPSA) is 127 Å². The van der Waals surface area contributed by atoms with Crippen LogP contribution in [0.25, 0.3) is 0 Å². The monoisotopic (exact) mass is 330 g/mol. The Morgan fingerprint density at radius 2 is 2.18 bits per heavy atom. The van der Waals surface area contributed by atoms with Gasteiger partial charge in [0.05, 0.1) is 18.1 Å². The number of nitro groups is 1. The van der Waals surface area contributed by atoms with Gasteiger partial charge in [-0.25, -0.2) is 8.42 Å². The second kappa shape index (κ2) is 5.89. The summed E-state index contributed by atoms with van der Waals surface area (Å²) >= 11 is 0. The third kappa shape index (κ3) is 2.74. The largest absolute Gasteiger partial charge is 0.497 e. The maximum atomic E-state index is 12.6. The Morgan fingerprint density at radius 1 is 1.50 bits per heavy atom. The molecule has 1 unspecified atom stereocenters. The number of sulfonamides is 1. The van der Waals surface area contributed by atoms with Crippen LogP contribution >= 0.6 is 0 Å². The van der Waals surface area contributed by atoms with Gasteiger partial charge in [-0.2, -0.15) is 4.31 Å². The predicted molar refractivity (Wildman–Crippen MR) is 74.2 cm³/mol. The molecule has 0 saturated carbocycles. The molecule has 0 bridgehead atoms. The Balaban J connectivity index is 2.54. The minimum atomic E-state index is -4.28. The molecule has 0 aromatic heterocycles. The normalized spacial score (nSPS) is 19.0. The molecule has 1 heterocycles. The summed E-state index contributed by atoms with van der Waals surface area (Å²) in [6.07, 6.45) is 0.568. The summed E-state index contributed by atoms with van der Waals surface area (Å²) in [6, 6.07) is 2.14. The van der Waals surface area contributed by atoms with Crippen molar-refractivity contribution in [1.82, 2.24) is 4.31 Å². The highest BCUT2D eigenvalue weighted by molar-refractivity contribution is 7.89. The predicted octanol–water partition coefficient (Wildman–Crippen LogP) is 0.841. The Labute approximate surface area is 126 Å². The van der Waals surface area contributed by atoms with Crippen molar-refractivity contribution in [2.24, 2.45) is 0 Å². The molecule has 1 fully saturated rings. The van der Waals surface area contributed by atoms with E-state index in [4.69, 9.17) is 9.84 Å². The molecule has 0 amide bonds. The number of carboxylic acid groups (broad SMARTS) is 1. The third-order valence-electron chi connectivity index (χ3n) is 3.44. The van der Waals surface area contributed by atoms with E-state index >= 15 is 0 Å². The SMILES string of the molecule is COc1ccc(S(=O)(=O)N2CCCC2C(=O)O)c([N+](=O)[O-])c1. The number of aliphatic carboxylic acids is 1. The lowest BCUT2D eigenvalue weighted by molar-refractivity contribution is -0.387. The number of rotatable bonds is 5. The molecule has 120 valence electrons. The highest BCUT2D eigenvalue weighted by atomic mass is 32.2. The van der Waals surface area contributed by atoms with Crippen LogP contribution in [0.4, 0.5) is 5.69 Å². The maximum Gasteiger partial charge on any atom is 0.322 e. The number of nitrogens with zero attached hydrogens (tertiary/aromatic N) is 2. The lowest BCUT2D eigenvalue weighted by Gasteiger charge is -2.20. The van der Waals surface area contributed by atoms with Gasteiger partial charge in [-0.15, -0.1) is 0 Å². The van der Waals surface area contributed by atoms with E-state index in [0.717, 1.165) is 16.4 Å². The molecular weight excluding hydrogens is 316 g/mol. The molecule has 1 aromatic carbocycles. The fourth-order valence-corrected chi connectivity index (χ4v) is 4.18. The zero-order valence-corrected chi connectivity index (χ0v) is 12.4. The summed E-state index contributed by atoms with van der Waals surface area (Å²) in [7, 11) is -2.98. The molecule has 1 aliphatic heterocycles. The van der Waals surface area contributed by atoms with Crippen LogP contribution in [0, 0.1) is 10.1 Å². The van der Waals surface area contributed by atoms with Crippen molar-refractivity contribution in [2.45, 2.75) is 23.8 Å². The van der Waals surface area contributed by atoms with Gasteiger partial charge in [0, 0.05) is 6.54 Å². The summed E-state index contributed by atoms with van der Waals surface area (Å²) in [5.41, 5.74) is -0.643. The zero-order chi connectivity index (χ0) is 16.5. The van der Waals surface area contributed by atoms with Gasteiger partial charge < -0.3 is 9.84 Å². The number of methoxy groups -OCH3 is 1. The number of hydrogen-bond donors (Lipinski definition) is 1. The van der Waals surface area contributed by atoms with E-state index in [1.54, 1.807) is 0 Å². The summed E-state index contributed by atoms with van der Waals surface area (Å²) in [6.45, 7) is 0.0164. The number of benzene rings is 1. The van der Waals surface area contributed by atoms with Gasteiger partial charge >= 0.3 is 5.97 Å². The fraction of sp³-hybridized carbons (Fsp3) is 0.417. The van der Waals surface area contributed by atoms with Crippen LogP contribution in [0.5, 0.6) is 5.75 Å². The van der Waals surface area contributed by atoms with Crippen molar-refractivity contribution in [3.63, 3.8) is 0 Å². The zero-order valence-electron chi connectivity index (χ0n) is 11.6. The van der Waals surface area contributed by atoms with Crippen molar-refractivity contribution >= 4 is 21.7 Å². The van der Waals surface area contributed by atoms with Crippen LogP contribution in [0.2, 0.25) is 0 Å². The lowest BCUT2D eigenvalue weighted by Crippen LogP contribution is -2.40. The molecule has 0 spiro atoms. The highest BCUT2D eigenvalue weighted by Gasteiger charge is 2.42. The number of hydrogen-bond acceptors (Lipinski definition) is 6. The Hall–Kier alpha value is -2.20. The number of ether oxygens (including phenoxy) is 1. The summed E-state index contributed by atoms with van der Waals surface area (Å²) < 4.78 is 30.8. The van der Waals surface area contributed by atoms with Gasteiger partial charge in [0.25, 0.3) is 15.7 Å². The average Bonchev–Trinajstić information content (AvgIpc) is 2.96. The first-order valence-electron chi connectivity index (χ1n) is 6.36.